The number of likely N-dealkylation sites (N-methyl/N-ethyl adjacent to an activating group) is 1. The fourth-order valence-corrected chi connectivity index (χ4v) is 3.57. The molecule has 0 radical (unpaired) electrons. The van der Waals surface area contributed by atoms with Gasteiger partial charge in [-0.05, 0) is 44.0 Å². The van der Waals surface area contributed by atoms with E-state index in [1.807, 2.05) is 18.3 Å². The van der Waals surface area contributed by atoms with Crippen LogP contribution in [0.4, 0.5) is 17.3 Å². The molecule has 0 fully saturated rings. The van der Waals surface area contributed by atoms with Crippen molar-refractivity contribution in [1.82, 2.24) is 19.9 Å². The first-order valence-corrected chi connectivity index (χ1v) is 11.7. The molecule has 3 rings (SSSR count). The number of ether oxygens (including phenoxy) is 2. The molecule has 10 heteroatoms. The molecule has 0 unspecified atom stereocenters. The molecule has 1 aliphatic heterocycles. The molecular formula is C24H35N7O3. The quantitative estimate of drug-likeness (QED) is 0.373. The van der Waals surface area contributed by atoms with Crippen LogP contribution in [0.3, 0.4) is 0 Å². The van der Waals surface area contributed by atoms with Gasteiger partial charge in [0.05, 0.1) is 18.9 Å². The molecule has 0 atom stereocenters. The molecule has 0 saturated heterocycles. The highest BCUT2D eigenvalue weighted by Gasteiger charge is 2.21. The van der Waals surface area contributed by atoms with E-state index in [2.05, 4.69) is 39.9 Å². The number of nitrogens with two attached hydrogens (primary N) is 2. The highest BCUT2D eigenvalue weighted by molar-refractivity contribution is 5.80. The van der Waals surface area contributed by atoms with Gasteiger partial charge in [-0.1, -0.05) is 25.5 Å². The third-order valence-corrected chi connectivity index (χ3v) is 5.53. The molecule has 4 N–H and O–H groups in total. The minimum absolute atomic E-state index is 0.0534. The maximum absolute atomic E-state index is 12.4. The van der Waals surface area contributed by atoms with Crippen molar-refractivity contribution in [3.05, 3.63) is 35.7 Å². The van der Waals surface area contributed by atoms with Gasteiger partial charge in [-0.25, -0.2) is 0 Å². The lowest BCUT2D eigenvalue weighted by Gasteiger charge is -2.25. The van der Waals surface area contributed by atoms with E-state index in [4.69, 9.17) is 20.9 Å². The number of carbonyl (C=O) groups is 1. The van der Waals surface area contributed by atoms with E-state index in [9.17, 15) is 4.79 Å². The van der Waals surface area contributed by atoms with Gasteiger partial charge in [-0.3, -0.25) is 9.78 Å². The zero-order valence-electron chi connectivity index (χ0n) is 20.3. The Kier molecular flexibility index (Phi) is 9.03. The third kappa shape index (κ3) is 6.80. The van der Waals surface area contributed by atoms with E-state index in [0.29, 0.717) is 19.0 Å². The molecule has 1 aliphatic rings. The number of hydrogen-bond acceptors (Lipinski definition) is 10. The van der Waals surface area contributed by atoms with Gasteiger partial charge in [-0.2, -0.15) is 9.97 Å². The highest BCUT2D eigenvalue weighted by Crippen LogP contribution is 2.29. The number of anilines is 3. The molecule has 0 aliphatic carbocycles. The van der Waals surface area contributed by atoms with Crippen LogP contribution in [0.15, 0.2) is 24.4 Å². The molecule has 3 heterocycles. The summed E-state index contributed by atoms with van der Waals surface area (Å²) in [7, 11) is 2.10. The lowest BCUT2D eigenvalue weighted by molar-refractivity contribution is -0.141. The SMILES string of the molecule is CCCCOc1nc(N)c(N)c(N(CC(=O)OCC)Cc2ccc(C3=CCN(C)CC3)nc2)n1. The monoisotopic (exact) mass is 469 g/mol. The molecule has 0 saturated carbocycles. The number of nitrogen functional groups attached to an aromatic ring is 2. The molecule has 0 aromatic carbocycles. The fourth-order valence-electron chi connectivity index (χ4n) is 3.57. The van der Waals surface area contributed by atoms with E-state index in [1.54, 1.807) is 11.8 Å². The summed E-state index contributed by atoms with van der Waals surface area (Å²) in [5, 5.41) is 0. The summed E-state index contributed by atoms with van der Waals surface area (Å²) in [6.07, 6.45) is 6.83. The number of esters is 1. The maximum Gasteiger partial charge on any atom is 0.325 e. The van der Waals surface area contributed by atoms with Crippen LogP contribution >= 0.6 is 0 Å². The van der Waals surface area contributed by atoms with E-state index in [1.165, 1.54) is 5.57 Å². The first-order chi connectivity index (χ1) is 16.4. The van der Waals surface area contributed by atoms with Crippen LogP contribution in [0.2, 0.25) is 0 Å². The number of pyridine rings is 1. The van der Waals surface area contributed by atoms with Gasteiger partial charge in [0.2, 0.25) is 0 Å². The van der Waals surface area contributed by atoms with Crippen molar-refractivity contribution >= 4 is 28.9 Å². The molecule has 0 amide bonds. The summed E-state index contributed by atoms with van der Waals surface area (Å²) < 4.78 is 10.8. The predicted octanol–water partition coefficient (Wildman–Crippen LogP) is 2.50. The van der Waals surface area contributed by atoms with Crippen LogP contribution in [-0.2, 0) is 16.1 Å². The van der Waals surface area contributed by atoms with Crippen LogP contribution in [0.1, 0.15) is 44.4 Å². The van der Waals surface area contributed by atoms with Crippen molar-refractivity contribution in [2.24, 2.45) is 0 Å². The first-order valence-electron chi connectivity index (χ1n) is 11.7. The smallest absolute Gasteiger partial charge is 0.325 e. The summed E-state index contributed by atoms with van der Waals surface area (Å²) in [5.74, 6) is 0.0378. The Morgan fingerprint density at radius 2 is 2.06 bits per heavy atom. The van der Waals surface area contributed by atoms with Gasteiger partial charge < -0.3 is 30.7 Å². The van der Waals surface area contributed by atoms with Gasteiger partial charge in [0.25, 0.3) is 0 Å². The second kappa shape index (κ2) is 12.2. The Morgan fingerprint density at radius 3 is 2.71 bits per heavy atom. The summed E-state index contributed by atoms with van der Waals surface area (Å²) in [6.45, 7) is 6.79. The number of carbonyl (C=O) groups excluding carboxylic acids is 1. The number of nitrogens with zero attached hydrogens (tertiary/aromatic N) is 5. The standard InChI is InChI=1S/C24H35N7O3/c1-4-6-13-34-24-28-22(26)21(25)23(29-24)31(16-20(32)33-5-2)15-17-7-8-19(27-14-17)18-9-11-30(3)12-10-18/h7-9,14H,4-6,10-13,15-16,25H2,1-3H3,(H2,26,28,29). The second-order valence-electron chi connectivity index (χ2n) is 8.29. The molecule has 34 heavy (non-hydrogen) atoms. The highest BCUT2D eigenvalue weighted by atomic mass is 16.5. The molecule has 0 spiro atoms. The Labute approximate surface area is 201 Å². The summed E-state index contributed by atoms with van der Waals surface area (Å²) in [6, 6.07) is 4.14. The number of rotatable bonds is 11. The van der Waals surface area contributed by atoms with Crippen molar-refractivity contribution < 1.29 is 14.3 Å². The van der Waals surface area contributed by atoms with Crippen molar-refractivity contribution in [2.45, 2.75) is 39.7 Å². The molecule has 10 nitrogen and oxygen atoms in total. The van der Waals surface area contributed by atoms with E-state index in [-0.39, 0.29) is 30.7 Å². The third-order valence-electron chi connectivity index (χ3n) is 5.53. The van der Waals surface area contributed by atoms with Crippen molar-refractivity contribution in [2.75, 3.05) is 56.3 Å². The zero-order chi connectivity index (χ0) is 24.5. The molecular weight excluding hydrogens is 434 g/mol. The van der Waals surface area contributed by atoms with Gasteiger partial charge in [0, 0.05) is 25.8 Å². The Bertz CT molecular complexity index is 995. The topological polar surface area (TPSA) is 133 Å². The lowest BCUT2D eigenvalue weighted by atomic mass is 10.0. The van der Waals surface area contributed by atoms with E-state index >= 15 is 0 Å². The van der Waals surface area contributed by atoms with Gasteiger partial charge in [-0.15, -0.1) is 0 Å². The Balaban J connectivity index is 1.84. The number of unbranched alkanes of at least 4 members (excludes halogenated alkanes) is 1. The normalized spacial score (nSPS) is 13.9. The van der Waals surface area contributed by atoms with Gasteiger partial charge >= 0.3 is 12.0 Å². The largest absolute Gasteiger partial charge is 0.465 e. The molecule has 2 aromatic rings. The van der Waals surface area contributed by atoms with Gasteiger partial charge in [0.1, 0.15) is 12.2 Å². The average Bonchev–Trinajstić information content (AvgIpc) is 2.82. The Morgan fingerprint density at radius 1 is 1.24 bits per heavy atom. The van der Waals surface area contributed by atoms with Crippen molar-refractivity contribution in [3.63, 3.8) is 0 Å². The van der Waals surface area contributed by atoms with E-state index in [0.717, 1.165) is 43.6 Å². The maximum atomic E-state index is 12.4. The minimum atomic E-state index is -0.395. The lowest BCUT2D eigenvalue weighted by Crippen LogP contribution is -2.32. The fraction of sp³-hybridized carbons (Fsp3) is 0.500. The molecule has 184 valence electrons. The number of hydrogen-bond donors (Lipinski definition) is 2. The average molecular weight is 470 g/mol. The molecule has 0 bridgehead atoms. The molecule has 2 aromatic heterocycles. The number of aromatic nitrogens is 3. The van der Waals surface area contributed by atoms with Gasteiger partial charge in [0.15, 0.2) is 11.6 Å². The van der Waals surface area contributed by atoms with Crippen LogP contribution < -0.4 is 21.1 Å². The summed E-state index contributed by atoms with van der Waals surface area (Å²) in [5.41, 5.74) is 15.5. The van der Waals surface area contributed by atoms with Crippen LogP contribution in [0, 0.1) is 0 Å². The predicted molar refractivity (Wildman–Crippen MR) is 133 cm³/mol. The van der Waals surface area contributed by atoms with Crippen LogP contribution in [-0.4, -0.2) is 65.7 Å². The van der Waals surface area contributed by atoms with Crippen molar-refractivity contribution in [3.8, 4) is 6.01 Å². The summed E-state index contributed by atoms with van der Waals surface area (Å²) >= 11 is 0. The second-order valence-corrected chi connectivity index (χ2v) is 8.29. The van der Waals surface area contributed by atoms with E-state index < -0.39 is 5.97 Å². The Hall–Kier alpha value is -3.40. The first kappa shape index (κ1) is 25.2. The summed E-state index contributed by atoms with van der Waals surface area (Å²) in [4.78, 5) is 29.6. The van der Waals surface area contributed by atoms with Crippen LogP contribution in [0.5, 0.6) is 6.01 Å². The minimum Gasteiger partial charge on any atom is -0.465 e. The van der Waals surface area contributed by atoms with Crippen LogP contribution in [0.25, 0.3) is 5.57 Å². The van der Waals surface area contributed by atoms with Crippen molar-refractivity contribution in [1.29, 1.82) is 0 Å². The zero-order valence-corrected chi connectivity index (χ0v) is 20.3.